The molecular formula is C14H19N3O3S2. The van der Waals surface area contributed by atoms with Crippen LogP contribution in [0.1, 0.15) is 26.5 Å². The van der Waals surface area contributed by atoms with Crippen molar-refractivity contribution < 1.29 is 14.3 Å². The molecule has 0 spiro atoms. The van der Waals surface area contributed by atoms with E-state index in [9.17, 15) is 9.59 Å². The van der Waals surface area contributed by atoms with Gasteiger partial charge in [-0.3, -0.25) is 9.59 Å². The fourth-order valence-corrected chi connectivity index (χ4v) is 3.60. The molecule has 0 radical (unpaired) electrons. The van der Waals surface area contributed by atoms with Crippen LogP contribution in [0, 0.1) is 0 Å². The third kappa shape index (κ3) is 4.48. The summed E-state index contributed by atoms with van der Waals surface area (Å²) < 4.78 is 4.87. The molecule has 2 heterocycles. The zero-order chi connectivity index (χ0) is 16.1. The van der Waals surface area contributed by atoms with Crippen molar-refractivity contribution in [3.63, 3.8) is 0 Å². The molecule has 0 saturated carbocycles. The number of carbonyl (C=O) groups excluding carboxylic acids is 2. The predicted octanol–water partition coefficient (Wildman–Crippen LogP) is 2.44. The molecule has 0 aliphatic carbocycles. The lowest BCUT2D eigenvalue weighted by Crippen LogP contribution is -2.30. The SMILES string of the molecule is CCOC(=O)Cc1csc(NC(=O)CN2CSC(C)=C2C)n1. The standard InChI is InChI=1S/C14H19N3O3S2/c1-4-20-13(19)5-11-7-21-14(15-11)16-12(18)6-17-8-22-10(3)9(17)2/h7H,4-6,8H2,1-3H3,(H,15,16,18). The number of allylic oxidation sites excluding steroid dienone is 2. The summed E-state index contributed by atoms with van der Waals surface area (Å²) in [5.41, 5.74) is 1.75. The summed E-state index contributed by atoms with van der Waals surface area (Å²) >= 11 is 3.05. The largest absolute Gasteiger partial charge is 0.466 e. The maximum atomic E-state index is 12.0. The van der Waals surface area contributed by atoms with E-state index in [0.717, 1.165) is 11.6 Å². The van der Waals surface area contributed by atoms with Crippen molar-refractivity contribution >= 4 is 40.1 Å². The molecule has 2 rings (SSSR count). The third-order valence-electron chi connectivity index (χ3n) is 3.18. The zero-order valence-corrected chi connectivity index (χ0v) is 14.5. The molecule has 1 N–H and O–H groups in total. The number of amides is 1. The first kappa shape index (κ1) is 16.8. The highest BCUT2D eigenvalue weighted by Crippen LogP contribution is 2.30. The third-order valence-corrected chi connectivity index (χ3v) is 5.16. The van der Waals surface area contributed by atoms with Crippen LogP contribution in [-0.2, 0) is 20.7 Å². The highest BCUT2D eigenvalue weighted by molar-refractivity contribution is 8.03. The number of esters is 1. The number of aromatic nitrogens is 1. The van der Waals surface area contributed by atoms with Gasteiger partial charge in [0.1, 0.15) is 0 Å². The summed E-state index contributed by atoms with van der Waals surface area (Å²) in [5, 5.41) is 5.04. The van der Waals surface area contributed by atoms with Gasteiger partial charge in [-0.05, 0) is 20.8 Å². The summed E-state index contributed by atoms with van der Waals surface area (Å²) in [6.07, 6.45) is 0.129. The molecule has 120 valence electrons. The van der Waals surface area contributed by atoms with Gasteiger partial charge < -0.3 is 15.0 Å². The van der Waals surface area contributed by atoms with Gasteiger partial charge in [0.2, 0.25) is 5.91 Å². The lowest BCUT2D eigenvalue weighted by molar-refractivity contribution is -0.142. The van der Waals surface area contributed by atoms with Crippen LogP contribution in [0.2, 0.25) is 0 Å². The van der Waals surface area contributed by atoms with E-state index in [1.54, 1.807) is 24.1 Å². The second-order valence-corrected chi connectivity index (χ2v) is 6.80. The number of carbonyl (C=O) groups is 2. The Hall–Kier alpha value is -1.54. The first-order valence-corrected chi connectivity index (χ1v) is 8.81. The summed E-state index contributed by atoms with van der Waals surface area (Å²) in [6.45, 7) is 6.50. The van der Waals surface area contributed by atoms with Crippen LogP contribution >= 0.6 is 23.1 Å². The van der Waals surface area contributed by atoms with Crippen LogP contribution in [0.15, 0.2) is 16.0 Å². The van der Waals surface area contributed by atoms with E-state index in [2.05, 4.69) is 17.2 Å². The minimum atomic E-state index is -0.309. The van der Waals surface area contributed by atoms with Crippen LogP contribution in [0.25, 0.3) is 0 Å². The van der Waals surface area contributed by atoms with Crippen LogP contribution in [0.3, 0.4) is 0 Å². The van der Waals surface area contributed by atoms with Crippen molar-refractivity contribution in [3.8, 4) is 0 Å². The Kier molecular flexibility index (Phi) is 5.84. The number of rotatable bonds is 6. The summed E-state index contributed by atoms with van der Waals surface area (Å²) in [5.74, 6) is 0.388. The van der Waals surface area contributed by atoms with Crippen molar-refractivity contribution in [1.82, 2.24) is 9.88 Å². The normalized spacial score (nSPS) is 14.4. The van der Waals surface area contributed by atoms with Crippen LogP contribution < -0.4 is 5.32 Å². The smallest absolute Gasteiger partial charge is 0.311 e. The highest BCUT2D eigenvalue weighted by atomic mass is 32.2. The monoisotopic (exact) mass is 341 g/mol. The lowest BCUT2D eigenvalue weighted by atomic mass is 10.3. The Morgan fingerprint density at radius 1 is 1.45 bits per heavy atom. The van der Waals surface area contributed by atoms with Gasteiger partial charge in [-0.2, -0.15) is 0 Å². The van der Waals surface area contributed by atoms with Crippen molar-refractivity contribution in [2.24, 2.45) is 0 Å². The molecule has 1 amide bonds. The van der Waals surface area contributed by atoms with Crippen molar-refractivity contribution in [2.75, 3.05) is 24.3 Å². The summed E-state index contributed by atoms with van der Waals surface area (Å²) in [7, 11) is 0. The fourth-order valence-electron chi connectivity index (χ4n) is 1.90. The topological polar surface area (TPSA) is 71.5 Å². The Bertz CT molecular complexity index is 598. The van der Waals surface area contributed by atoms with Gasteiger partial charge >= 0.3 is 5.97 Å². The quantitative estimate of drug-likeness (QED) is 0.802. The van der Waals surface area contributed by atoms with E-state index in [0.29, 0.717) is 24.0 Å². The fraction of sp³-hybridized carbons (Fsp3) is 0.500. The highest BCUT2D eigenvalue weighted by Gasteiger charge is 2.19. The number of hydrogen-bond acceptors (Lipinski definition) is 7. The lowest BCUT2D eigenvalue weighted by Gasteiger charge is -2.17. The van der Waals surface area contributed by atoms with Crippen molar-refractivity contribution in [3.05, 3.63) is 21.7 Å². The number of ether oxygens (including phenoxy) is 1. The zero-order valence-electron chi connectivity index (χ0n) is 12.8. The average Bonchev–Trinajstić information content (AvgIpc) is 3.00. The number of thiazole rings is 1. The van der Waals surface area contributed by atoms with E-state index in [4.69, 9.17) is 4.74 Å². The minimum Gasteiger partial charge on any atom is -0.466 e. The molecule has 8 heteroatoms. The number of hydrogen-bond donors (Lipinski definition) is 1. The molecule has 1 aromatic heterocycles. The minimum absolute atomic E-state index is 0.105. The maximum absolute atomic E-state index is 12.0. The second kappa shape index (κ2) is 7.64. The number of anilines is 1. The van der Waals surface area contributed by atoms with Gasteiger partial charge in [-0.1, -0.05) is 0 Å². The number of nitrogens with zero attached hydrogens (tertiary/aromatic N) is 2. The van der Waals surface area contributed by atoms with E-state index in [1.807, 2.05) is 11.8 Å². The van der Waals surface area contributed by atoms with Crippen molar-refractivity contribution in [2.45, 2.75) is 27.2 Å². The number of nitrogens with one attached hydrogen (secondary N) is 1. The first-order valence-electron chi connectivity index (χ1n) is 6.94. The molecule has 22 heavy (non-hydrogen) atoms. The summed E-state index contributed by atoms with van der Waals surface area (Å²) in [6, 6.07) is 0. The summed E-state index contributed by atoms with van der Waals surface area (Å²) in [4.78, 5) is 30.9. The molecule has 0 bridgehead atoms. The molecule has 0 unspecified atom stereocenters. The van der Waals surface area contributed by atoms with Crippen LogP contribution in [0.5, 0.6) is 0 Å². The van der Waals surface area contributed by atoms with Gasteiger partial charge in [-0.25, -0.2) is 4.98 Å². The van der Waals surface area contributed by atoms with Gasteiger partial charge in [0.15, 0.2) is 5.13 Å². The van der Waals surface area contributed by atoms with E-state index in [1.165, 1.54) is 16.2 Å². The van der Waals surface area contributed by atoms with Gasteiger partial charge in [0, 0.05) is 16.0 Å². The van der Waals surface area contributed by atoms with E-state index < -0.39 is 0 Å². The van der Waals surface area contributed by atoms with E-state index in [-0.39, 0.29) is 18.3 Å². The molecule has 0 fully saturated rings. The molecule has 1 aliphatic rings. The van der Waals surface area contributed by atoms with Crippen LogP contribution in [-0.4, -0.2) is 40.8 Å². The number of thioether (sulfide) groups is 1. The molecule has 1 aromatic rings. The van der Waals surface area contributed by atoms with Crippen LogP contribution in [0.4, 0.5) is 5.13 Å². The predicted molar refractivity (Wildman–Crippen MR) is 88.6 cm³/mol. The Morgan fingerprint density at radius 2 is 2.23 bits per heavy atom. The Labute approximate surface area is 137 Å². The maximum Gasteiger partial charge on any atom is 0.311 e. The molecule has 1 aliphatic heterocycles. The van der Waals surface area contributed by atoms with Gasteiger partial charge in [0.25, 0.3) is 0 Å². The Balaban J connectivity index is 1.85. The molecule has 0 atom stereocenters. The average molecular weight is 341 g/mol. The molecular weight excluding hydrogens is 322 g/mol. The van der Waals surface area contributed by atoms with Gasteiger partial charge in [-0.15, -0.1) is 23.1 Å². The van der Waals surface area contributed by atoms with E-state index >= 15 is 0 Å². The Morgan fingerprint density at radius 3 is 2.86 bits per heavy atom. The van der Waals surface area contributed by atoms with Gasteiger partial charge in [0.05, 0.1) is 31.1 Å². The second-order valence-electron chi connectivity index (χ2n) is 4.79. The molecule has 6 nitrogen and oxygen atoms in total. The van der Waals surface area contributed by atoms with Crippen molar-refractivity contribution in [1.29, 1.82) is 0 Å². The first-order chi connectivity index (χ1) is 10.5. The molecule has 0 aromatic carbocycles. The molecule has 0 saturated heterocycles.